The summed E-state index contributed by atoms with van der Waals surface area (Å²) < 4.78 is 0. The molecular formula is C17H21N3O8. The molecule has 0 fully saturated rings. The molecule has 0 saturated carbocycles. The first-order valence-corrected chi connectivity index (χ1v) is 8.23. The molecule has 0 aliphatic carbocycles. The third-order valence-corrected chi connectivity index (χ3v) is 3.72. The highest BCUT2D eigenvalue weighted by Gasteiger charge is 2.24. The Hall–Kier alpha value is -3.63. The number of hydrogen-bond donors (Lipinski definition) is 6. The van der Waals surface area contributed by atoms with Crippen LogP contribution in [0.3, 0.4) is 0 Å². The number of nitrogens with two attached hydrogens (primary N) is 1. The van der Waals surface area contributed by atoms with Gasteiger partial charge in [-0.2, -0.15) is 0 Å². The van der Waals surface area contributed by atoms with E-state index in [1.807, 2.05) is 0 Å². The largest absolute Gasteiger partial charge is 0.481 e. The zero-order valence-electron chi connectivity index (χ0n) is 14.8. The quantitative estimate of drug-likeness (QED) is 0.272. The standard InChI is InChI=1S/C17H21N3O8/c18-10-3-1-9(2-4-10)15(24)20-12(17(27)28)5-7-13(21)19-11(16(25)26)6-8-14(22)23/h1-4,11-12H,5-8,18H2,(H,19,21)(H,20,24)(H,22,23)(H,25,26)(H,27,28)/t11-,12-/m0/s1. The molecule has 2 atom stereocenters. The Bertz CT molecular complexity index is 747. The zero-order chi connectivity index (χ0) is 21.3. The lowest BCUT2D eigenvalue weighted by Gasteiger charge is -2.16. The van der Waals surface area contributed by atoms with Gasteiger partial charge >= 0.3 is 17.9 Å². The fraction of sp³-hybridized carbons (Fsp3) is 0.353. The van der Waals surface area contributed by atoms with Gasteiger partial charge in [0.2, 0.25) is 5.91 Å². The number of rotatable bonds is 11. The monoisotopic (exact) mass is 395 g/mol. The first-order chi connectivity index (χ1) is 13.1. The van der Waals surface area contributed by atoms with Gasteiger partial charge in [0.05, 0.1) is 0 Å². The summed E-state index contributed by atoms with van der Waals surface area (Å²) in [5, 5.41) is 31.2. The van der Waals surface area contributed by atoms with Crippen LogP contribution < -0.4 is 16.4 Å². The van der Waals surface area contributed by atoms with Gasteiger partial charge in [0.15, 0.2) is 0 Å². The van der Waals surface area contributed by atoms with E-state index in [2.05, 4.69) is 10.6 Å². The molecule has 11 heteroatoms. The number of carboxylic acids is 3. The maximum absolute atomic E-state index is 12.1. The summed E-state index contributed by atoms with van der Waals surface area (Å²) in [7, 11) is 0. The summed E-state index contributed by atoms with van der Waals surface area (Å²) in [6, 6.07) is 2.99. The Morgan fingerprint density at radius 1 is 0.821 bits per heavy atom. The number of benzene rings is 1. The minimum Gasteiger partial charge on any atom is -0.481 e. The van der Waals surface area contributed by atoms with Crippen molar-refractivity contribution >= 4 is 35.4 Å². The van der Waals surface area contributed by atoms with Gasteiger partial charge in [0.25, 0.3) is 5.91 Å². The molecule has 1 rings (SSSR count). The van der Waals surface area contributed by atoms with Gasteiger partial charge in [-0.05, 0) is 37.1 Å². The number of nitrogen functional groups attached to an aromatic ring is 1. The lowest BCUT2D eigenvalue weighted by molar-refractivity contribution is -0.143. The first-order valence-electron chi connectivity index (χ1n) is 8.23. The predicted molar refractivity (Wildman–Crippen MR) is 95.4 cm³/mol. The molecule has 1 aromatic rings. The minimum absolute atomic E-state index is 0.185. The summed E-state index contributed by atoms with van der Waals surface area (Å²) in [5.41, 5.74) is 6.13. The average Bonchev–Trinajstić information content (AvgIpc) is 2.61. The van der Waals surface area contributed by atoms with Crippen molar-refractivity contribution in [3.63, 3.8) is 0 Å². The van der Waals surface area contributed by atoms with Crippen LogP contribution in [0.2, 0.25) is 0 Å². The van der Waals surface area contributed by atoms with Crippen molar-refractivity contribution < 1.29 is 39.3 Å². The zero-order valence-corrected chi connectivity index (χ0v) is 14.8. The number of hydrogen-bond acceptors (Lipinski definition) is 6. The number of anilines is 1. The van der Waals surface area contributed by atoms with Crippen molar-refractivity contribution in [3.8, 4) is 0 Å². The SMILES string of the molecule is Nc1ccc(C(=O)N[C@@H](CCC(=O)N[C@@H](CCC(=O)O)C(=O)O)C(=O)O)cc1. The number of aliphatic carboxylic acids is 3. The molecule has 0 bridgehead atoms. The molecule has 7 N–H and O–H groups in total. The van der Waals surface area contributed by atoms with Crippen LogP contribution in [-0.4, -0.2) is 57.1 Å². The van der Waals surface area contributed by atoms with E-state index in [1.54, 1.807) is 0 Å². The third kappa shape index (κ3) is 7.72. The van der Waals surface area contributed by atoms with Gasteiger partial charge in [-0.15, -0.1) is 0 Å². The normalized spacial score (nSPS) is 12.4. The van der Waals surface area contributed by atoms with Gasteiger partial charge in [-0.1, -0.05) is 0 Å². The first kappa shape index (κ1) is 22.4. The van der Waals surface area contributed by atoms with E-state index in [4.69, 9.17) is 15.9 Å². The van der Waals surface area contributed by atoms with Gasteiger partial charge in [0, 0.05) is 24.1 Å². The highest BCUT2D eigenvalue weighted by atomic mass is 16.4. The van der Waals surface area contributed by atoms with Gasteiger partial charge in [-0.3, -0.25) is 14.4 Å². The molecule has 11 nitrogen and oxygen atoms in total. The Kier molecular flexibility index (Phi) is 8.41. The fourth-order valence-corrected chi connectivity index (χ4v) is 2.20. The van der Waals surface area contributed by atoms with Crippen LogP contribution in [0, 0.1) is 0 Å². The van der Waals surface area contributed by atoms with Crippen molar-refractivity contribution in [2.75, 3.05) is 5.73 Å². The van der Waals surface area contributed by atoms with Crippen LogP contribution in [0.1, 0.15) is 36.0 Å². The van der Waals surface area contributed by atoms with Crippen molar-refractivity contribution in [1.29, 1.82) is 0 Å². The Morgan fingerprint density at radius 3 is 1.82 bits per heavy atom. The van der Waals surface area contributed by atoms with Crippen LogP contribution in [0.25, 0.3) is 0 Å². The molecule has 0 aliphatic heterocycles. The molecule has 0 radical (unpaired) electrons. The molecule has 0 unspecified atom stereocenters. The van der Waals surface area contributed by atoms with E-state index >= 15 is 0 Å². The predicted octanol–water partition coefficient (Wildman–Crippen LogP) is -0.334. The summed E-state index contributed by atoms with van der Waals surface area (Å²) in [6.07, 6.45) is -1.43. The number of carbonyl (C=O) groups is 5. The van der Waals surface area contributed by atoms with Crippen molar-refractivity contribution in [3.05, 3.63) is 29.8 Å². The van der Waals surface area contributed by atoms with E-state index in [0.29, 0.717) is 5.69 Å². The van der Waals surface area contributed by atoms with Gasteiger partial charge in [-0.25, -0.2) is 9.59 Å². The average molecular weight is 395 g/mol. The molecule has 0 saturated heterocycles. The summed E-state index contributed by atoms with van der Waals surface area (Å²) in [5.74, 6) is -5.42. The van der Waals surface area contributed by atoms with Gasteiger partial charge < -0.3 is 31.7 Å². The molecule has 2 amide bonds. The summed E-state index contributed by atoms with van der Waals surface area (Å²) in [6.45, 7) is 0. The van der Waals surface area contributed by atoms with E-state index in [9.17, 15) is 29.1 Å². The second-order valence-corrected chi connectivity index (χ2v) is 5.92. The Balaban J connectivity index is 2.61. The molecule has 0 heterocycles. The van der Waals surface area contributed by atoms with E-state index in [-0.39, 0.29) is 24.8 Å². The minimum atomic E-state index is -1.41. The summed E-state index contributed by atoms with van der Waals surface area (Å²) >= 11 is 0. The van der Waals surface area contributed by atoms with Crippen LogP contribution >= 0.6 is 0 Å². The van der Waals surface area contributed by atoms with Crippen molar-refractivity contribution in [1.82, 2.24) is 10.6 Å². The number of nitrogens with one attached hydrogen (secondary N) is 2. The third-order valence-electron chi connectivity index (χ3n) is 3.72. The lowest BCUT2D eigenvalue weighted by Crippen LogP contribution is -2.44. The van der Waals surface area contributed by atoms with Crippen molar-refractivity contribution in [2.24, 2.45) is 0 Å². The molecule has 1 aromatic carbocycles. The van der Waals surface area contributed by atoms with Crippen LogP contribution in [0.4, 0.5) is 5.69 Å². The van der Waals surface area contributed by atoms with Crippen LogP contribution in [0.5, 0.6) is 0 Å². The topological polar surface area (TPSA) is 196 Å². The summed E-state index contributed by atoms with van der Waals surface area (Å²) in [4.78, 5) is 56.9. The van der Waals surface area contributed by atoms with Crippen LogP contribution in [0.15, 0.2) is 24.3 Å². The van der Waals surface area contributed by atoms with E-state index < -0.39 is 48.2 Å². The molecule has 0 spiro atoms. The molecular weight excluding hydrogens is 374 g/mol. The Morgan fingerprint density at radius 2 is 1.32 bits per heavy atom. The number of carbonyl (C=O) groups excluding carboxylic acids is 2. The number of amides is 2. The highest BCUT2D eigenvalue weighted by Crippen LogP contribution is 2.07. The second kappa shape index (κ2) is 10.5. The second-order valence-electron chi connectivity index (χ2n) is 5.92. The van der Waals surface area contributed by atoms with E-state index in [0.717, 1.165) is 0 Å². The lowest BCUT2D eigenvalue weighted by atomic mass is 10.1. The Labute approximate surface area is 159 Å². The fourth-order valence-electron chi connectivity index (χ4n) is 2.20. The van der Waals surface area contributed by atoms with Crippen molar-refractivity contribution in [2.45, 2.75) is 37.8 Å². The van der Waals surface area contributed by atoms with Gasteiger partial charge in [0.1, 0.15) is 12.1 Å². The maximum Gasteiger partial charge on any atom is 0.326 e. The molecule has 28 heavy (non-hydrogen) atoms. The van der Waals surface area contributed by atoms with Crippen LogP contribution in [-0.2, 0) is 19.2 Å². The molecule has 0 aromatic heterocycles. The molecule has 152 valence electrons. The van der Waals surface area contributed by atoms with E-state index in [1.165, 1.54) is 24.3 Å². The maximum atomic E-state index is 12.1. The smallest absolute Gasteiger partial charge is 0.326 e. The highest BCUT2D eigenvalue weighted by molar-refractivity contribution is 5.97. The molecule has 0 aliphatic rings. The number of carboxylic acid groups (broad SMARTS) is 3.